The smallest absolute Gasteiger partial charge is 0.243 e. The van der Waals surface area contributed by atoms with E-state index in [2.05, 4.69) is 15.6 Å². The molecule has 2 aliphatic rings. The normalized spacial score (nSPS) is 18.9. The minimum Gasteiger partial charge on any atom is -0.356 e. The molecule has 0 amide bonds. The lowest BCUT2D eigenvalue weighted by atomic mass is 10.2. The van der Waals surface area contributed by atoms with Gasteiger partial charge >= 0.3 is 0 Å². The molecule has 1 aromatic carbocycles. The van der Waals surface area contributed by atoms with Gasteiger partial charge in [-0.25, -0.2) is 8.42 Å². The van der Waals surface area contributed by atoms with Gasteiger partial charge in [-0.2, -0.15) is 4.31 Å². The van der Waals surface area contributed by atoms with Crippen LogP contribution in [-0.4, -0.2) is 45.4 Å². The highest BCUT2D eigenvalue weighted by Gasteiger charge is 2.25. The second-order valence-electron chi connectivity index (χ2n) is 6.86. The molecule has 0 aromatic heterocycles. The van der Waals surface area contributed by atoms with Crippen LogP contribution in [0.3, 0.4) is 0 Å². The summed E-state index contributed by atoms with van der Waals surface area (Å²) in [5, 5.41) is 6.59. The number of nitrogens with one attached hydrogen (secondary N) is 2. The third-order valence-electron chi connectivity index (χ3n) is 4.81. The molecule has 26 heavy (non-hydrogen) atoms. The van der Waals surface area contributed by atoms with Crippen LogP contribution in [0.1, 0.15) is 37.7 Å². The number of rotatable bonds is 6. The van der Waals surface area contributed by atoms with E-state index in [0.717, 1.165) is 43.2 Å². The predicted molar refractivity (Wildman–Crippen MR) is 115 cm³/mol. The fraction of sp³-hybridized carbons (Fsp3) is 0.611. The van der Waals surface area contributed by atoms with Crippen molar-refractivity contribution in [3.8, 4) is 0 Å². The molecule has 0 radical (unpaired) electrons. The van der Waals surface area contributed by atoms with Crippen molar-refractivity contribution >= 4 is 40.0 Å². The molecule has 1 aliphatic carbocycles. The zero-order valence-electron chi connectivity index (χ0n) is 15.3. The van der Waals surface area contributed by atoms with Gasteiger partial charge in [0.2, 0.25) is 10.0 Å². The summed E-state index contributed by atoms with van der Waals surface area (Å²) < 4.78 is 26.9. The molecule has 1 heterocycles. The summed E-state index contributed by atoms with van der Waals surface area (Å²) in [5.41, 5.74) is 1.03. The first-order chi connectivity index (χ1) is 12.1. The zero-order chi connectivity index (χ0) is 17.7. The lowest BCUT2D eigenvalue weighted by Crippen LogP contribution is -2.37. The van der Waals surface area contributed by atoms with Crippen molar-refractivity contribution in [2.24, 2.45) is 10.9 Å². The number of nitrogens with zero attached hydrogens (tertiary/aromatic N) is 2. The predicted octanol–water partition coefficient (Wildman–Crippen LogP) is 2.55. The summed E-state index contributed by atoms with van der Waals surface area (Å²) in [5.74, 6) is 1.58. The van der Waals surface area contributed by atoms with E-state index in [4.69, 9.17) is 0 Å². The van der Waals surface area contributed by atoms with Crippen LogP contribution in [0.4, 0.5) is 0 Å². The Morgan fingerprint density at radius 1 is 1.12 bits per heavy atom. The van der Waals surface area contributed by atoms with Crippen molar-refractivity contribution in [1.82, 2.24) is 14.9 Å². The van der Waals surface area contributed by atoms with E-state index >= 15 is 0 Å². The minimum atomic E-state index is -3.35. The van der Waals surface area contributed by atoms with Crippen LogP contribution in [0.5, 0.6) is 0 Å². The Kier molecular flexibility index (Phi) is 8.15. The van der Waals surface area contributed by atoms with Gasteiger partial charge in [0.05, 0.1) is 4.90 Å². The highest BCUT2D eigenvalue weighted by atomic mass is 127. The first kappa shape index (κ1) is 21.4. The number of benzene rings is 1. The largest absolute Gasteiger partial charge is 0.356 e. The standard InChI is InChI=1S/C18H28N4O2S.HI/c1-19-18(20-13-15-5-6-15)21-14-16-7-9-17(10-8-16)25(23,24)22-11-3-2-4-12-22;/h7-10,15H,2-6,11-14H2,1H3,(H2,19,20,21);1H. The van der Waals surface area contributed by atoms with E-state index in [1.165, 1.54) is 12.8 Å². The molecule has 0 spiro atoms. The van der Waals surface area contributed by atoms with Crippen LogP contribution < -0.4 is 10.6 Å². The Hall–Kier alpha value is -0.870. The van der Waals surface area contributed by atoms with Gasteiger partial charge in [0, 0.05) is 33.2 Å². The third-order valence-corrected chi connectivity index (χ3v) is 6.73. The molecule has 146 valence electrons. The summed E-state index contributed by atoms with van der Waals surface area (Å²) >= 11 is 0. The molecule has 1 aromatic rings. The maximum Gasteiger partial charge on any atom is 0.243 e. The average molecular weight is 492 g/mol. The molecule has 2 N–H and O–H groups in total. The molecule has 0 bridgehead atoms. The average Bonchev–Trinajstić information content (AvgIpc) is 3.47. The SMILES string of the molecule is CN=C(NCc1ccc(S(=O)(=O)N2CCCCC2)cc1)NCC1CC1.I. The van der Waals surface area contributed by atoms with E-state index < -0.39 is 10.0 Å². The van der Waals surface area contributed by atoms with Gasteiger partial charge in [-0.3, -0.25) is 4.99 Å². The second kappa shape index (κ2) is 9.89. The molecule has 1 aliphatic heterocycles. The van der Waals surface area contributed by atoms with Crippen molar-refractivity contribution in [3.63, 3.8) is 0 Å². The molecular formula is C18H29IN4O2S. The third kappa shape index (κ3) is 5.82. The maximum atomic E-state index is 12.6. The number of hydrogen-bond donors (Lipinski definition) is 2. The molecule has 3 rings (SSSR count). The molecule has 0 unspecified atom stereocenters. The summed E-state index contributed by atoms with van der Waals surface area (Å²) in [7, 11) is -1.59. The number of halogens is 1. The number of aliphatic imine (C=N–C) groups is 1. The van der Waals surface area contributed by atoms with Crippen LogP contribution in [0.25, 0.3) is 0 Å². The van der Waals surface area contributed by atoms with Crippen LogP contribution in [0.15, 0.2) is 34.2 Å². The Morgan fingerprint density at radius 3 is 2.35 bits per heavy atom. The van der Waals surface area contributed by atoms with E-state index in [1.807, 2.05) is 12.1 Å². The van der Waals surface area contributed by atoms with Crippen molar-refractivity contribution < 1.29 is 8.42 Å². The molecule has 1 saturated carbocycles. The Morgan fingerprint density at radius 2 is 1.77 bits per heavy atom. The minimum absolute atomic E-state index is 0. The molecule has 6 nitrogen and oxygen atoms in total. The molecule has 2 fully saturated rings. The monoisotopic (exact) mass is 492 g/mol. The number of guanidine groups is 1. The van der Waals surface area contributed by atoms with Crippen molar-refractivity contribution in [1.29, 1.82) is 0 Å². The highest BCUT2D eigenvalue weighted by molar-refractivity contribution is 14.0. The van der Waals surface area contributed by atoms with Gasteiger partial charge in [-0.05, 0) is 49.3 Å². The number of hydrogen-bond acceptors (Lipinski definition) is 3. The number of piperidine rings is 1. The molecular weight excluding hydrogens is 463 g/mol. The number of sulfonamides is 1. The van der Waals surface area contributed by atoms with Crippen LogP contribution in [0.2, 0.25) is 0 Å². The van der Waals surface area contributed by atoms with Crippen molar-refractivity contribution in [3.05, 3.63) is 29.8 Å². The Labute approximate surface area is 173 Å². The molecule has 0 atom stereocenters. The Bertz CT molecular complexity index is 696. The van der Waals surface area contributed by atoms with Crippen LogP contribution in [-0.2, 0) is 16.6 Å². The van der Waals surface area contributed by atoms with Gasteiger partial charge in [-0.1, -0.05) is 18.6 Å². The van der Waals surface area contributed by atoms with Crippen molar-refractivity contribution in [2.45, 2.75) is 43.5 Å². The fourth-order valence-electron chi connectivity index (χ4n) is 3.00. The fourth-order valence-corrected chi connectivity index (χ4v) is 4.52. The summed E-state index contributed by atoms with van der Waals surface area (Å²) in [6.07, 6.45) is 5.63. The van der Waals surface area contributed by atoms with Gasteiger partial charge < -0.3 is 10.6 Å². The summed E-state index contributed by atoms with van der Waals surface area (Å²) in [4.78, 5) is 4.60. The van der Waals surface area contributed by atoms with Gasteiger partial charge in [0.1, 0.15) is 0 Å². The van der Waals surface area contributed by atoms with Crippen molar-refractivity contribution in [2.75, 3.05) is 26.7 Å². The first-order valence-electron chi connectivity index (χ1n) is 9.13. The van der Waals surface area contributed by atoms with Gasteiger partial charge in [0.15, 0.2) is 5.96 Å². The quantitative estimate of drug-likeness (QED) is 0.364. The Balaban J connectivity index is 0.00000243. The lowest BCUT2D eigenvalue weighted by molar-refractivity contribution is 0.346. The zero-order valence-corrected chi connectivity index (χ0v) is 18.4. The molecule has 1 saturated heterocycles. The first-order valence-corrected chi connectivity index (χ1v) is 10.6. The van der Waals surface area contributed by atoms with Gasteiger partial charge in [0.25, 0.3) is 0 Å². The van der Waals surface area contributed by atoms with E-state index in [1.54, 1.807) is 23.5 Å². The lowest BCUT2D eigenvalue weighted by Gasteiger charge is -2.25. The second-order valence-corrected chi connectivity index (χ2v) is 8.80. The summed E-state index contributed by atoms with van der Waals surface area (Å²) in [6.45, 7) is 2.85. The van der Waals surface area contributed by atoms with Crippen LogP contribution in [0, 0.1) is 5.92 Å². The van der Waals surface area contributed by atoms with E-state index in [9.17, 15) is 8.42 Å². The van der Waals surface area contributed by atoms with E-state index in [-0.39, 0.29) is 24.0 Å². The topological polar surface area (TPSA) is 73.8 Å². The summed E-state index contributed by atoms with van der Waals surface area (Å²) in [6, 6.07) is 7.17. The van der Waals surface area contributed by atoms with Gasteiger partial charge in [-0.15, -0.1) is 24.0 Å². The maximum absolute atomic E-state index is 12.6. The highest BCUT2D eigenvalue weighted by Crippen LogP contribution is 2.27. The van der Waals surface area contributed by atoms with Crippen LogP contribution >= 0.6 is 24.0 Å². The molecule has 8 heteroatoms. The van der Waals surface area contributed by atoms with E-state index in [0.29, 0.717) is 24.5 Å².